The monoisotopic (exact) mass is 324 g/mol. The quantitative estimate of drug-likeness (QED) is 0.863. The zero-order valence-electron chi connectivity index (χ0n) is 12.9. The first-order chi connectivity index (χ1) is 11.0. The summed E-state index contributed by atoms with van der Waals surface area (Å²) in [7, 11) is 0. The van der Waals surface area contributed by atoms with Crippen molar-refractivity contribution in [1.82, 2.24) is 14.5 Å². The number of hydrogen-bond donors (Lipinski definition) is 0. The molecule has 0 aromatic carbocycles. The van der Waals surface area contributed by atoms with Gasteiger partial charge in [0.1, 0.15) is 11.6 Å². The number of nitrogens with zero attached hydrogens (tertiary/aromatic N) is 4. The molecule has 0 unspecified atom stereocenters. The molecular formula is C16H19F3N4. The summed E-state index contributed by atoms with van der Waals surface area (Å²) in [5, 5.41) is 0. The van der Waals surface area contributed by atoms with Gasteiger partial charge in [0, 0.05) is 44.1 Å². The second-order valence-electron chi connectivity index (χ2n) is 5.76. The number of imidazole rings is 1. The van der Waals surface area contributed by atoms with Crippen LogP contribution in [0.15, 0.2) is 30.7 Å². The summed E-state index contributed by atoms with van der Waals surface area (Å²) < 4.78 is 40.7. The van der Waals surface area contributed by atoms with Gasteiger partial charge in [0.2, 0.25) is 0 Å². The predicted molar refractivity (Wildman–Crippen MR) is 81.3 cm³/mol. The Hall–Kier alpha value is -2.05. The average Bonchev–Trinajstić information content (AvgIpc) is 3.03. The molecule has 0 N–H and O–H groups in total. The van der Waals surface area contributed by atoms with Crippen LogP contribution in [0.1, 0.15) is 37.1 Å². The Labute approximate surface area is 133 Å². The number of aromatic nitrogens is 3. The van der Waals surface area contributed by atoms with Gasteiger partial charge < -0.3 is 9.47 Å². The number of halogens is 3. The van der Waals surface area contributed by atoms with Crippen molar-refractivity contribution in [1.29, 1.82) is 0 Å². The van der Waals surface area contributed by atoms with Crippen LogP contribution in [0.25, 0.3) is 0 Å². The molecule has 0 radical (unpaired) electrons. The molecule has 4 nitrogen and oxygen atoms in total. The van der Waals surface area contributed by atoms with Crippen molar-refractivity contribution in [3.8, 4) is 0 Å². The first kappa shape index (κ1) is 15.8. The maximum atomic E-state index is 12.9. The van der Waals surface area contributed by atoms with E-state index < -0.39 is 11.7 Å². The molecule has 2 aromatic rings. The Morgan fingerprint density at radius 3 is 2.83 bits per heavy atom. The lowest BCUT2D eigenvalue weighted by Gasteiger charge is -2.33. The van der Waals surface area contributed by atoms with Crippen LogP contribution in [0.3, 0.4) is 0 Å². The van der Waals surface area contributed by atoms with Gasteiger partial charge in [-0.05, 0) is 31.9 Å². The Morgan fingerprint density at radius 1 is 1.26 bits per heavy atom. The summed E-state index contributed by atoms with van der Waals surface area (Å²) in [6.07, 6.45) is 2.52. The summed E-state index contributed by atoms with van der Waals surface area (Å²) in [6.45, 7) is 4.26. The molecule has 1 aliphatic heterocycles. The molecule has 1 atom stereocenters. The molecule has 0 aliphatic carbocycles. The lowest BCUT2D eigenvalue weighted by molar-refractivity contribution is -0.137. The molecule has 1 fully saturated rings. The SMILES string of the molecule is CCn1ccnc1[C@@H]1CCCN(c2cc(C(F)(F)F)ccn2)C1. The Balaban J connectivity index is 1.81. The van der Waals surface area contributed by atoms with Crippen LogP contribution in [-0.2, 0) is 12.7 Å². The summed E-state index contributed by atoms with van der Waals surface area (Å²) in [4.78, 5) is 10.5. The van der Waals surface area contributed by atoms with Crippen molar-refractivity contribution in [2.45, 2.75) is 38.4 Å². The molecule has 3 rings (SSSR count). The highest BCUT2D eigenvalue weighted by molar-refractivity contribution is 5.43. The van der Waals surface area contributed by atoms with Gasteiger partial charge in [-0.15, -0.1) is 0 Å². The van der Waals surface area contributed by atoms with Crippen LogP contribution in [0, 0.1) is 0 Å². The zero-order chi connectivity index (χ0) is 16.4. The highest BCUT2D eigenvalue weighted by Gasteiger charge is 2.32. The predicted octanol–water partition coefficient (Wildman–Crippen LogP) is 3.70. The molecule has 0 bridgehead atoms. The number of rotatable bonds is 3. The summed E-state index contributed by atoms with van der Waals surface area (Å²) in [5.74, 6) is 1.61. The summed E-state index contributed by atoms with van der Waals surface area (Å²) >= 11 is 0. The first-order valence-corrected chi connectivity index (χ1v) is 7.78. The number of hydrogen-bond acceptors (Lipinski definition) is 3. The van der Waals surface area contributed by atoms with E-state index in [2.05, 4.69) is 21.5 Å². The van der Waals surface area contributed by atoms with E-state index in [1.165, 1.54) is 6.20 Å². The van der Waals surface area contributed by atoms with Crippen molar-refractivity contribution in [3.05, 3.63) is 42.1 Å². The van der Waals surface area contributed by atoms with Gasteiger partial charge >= 0.3 is 6.18 Å². The largest absolute Gasteiger partial charge is 0.416 e. The van der Waals surface area contributed by atoms with Crippen molar-refractivity contribution >= 4 is 5.82 Å². The molecule has 1 aliphatic rings. The van der Waals surface area contributed by atoms with E-state index in [1.807, 2.05) is 11.1 Å². The van der Waals surface area contributed by atoms with Crippen LogP contribution < -0.4 is 4.90 Å². The van der Waals surface area contributed by atoms with E-state index in [0.717, 1.165) is 43.9 Å². The van der Waals surface area contributed by atoms with E-state index in [-0.39, 0.29) is 5.92 Å². The summed E-state index contributed by atoms with van der Waals surface area (Å²) in [6, 6.07) is 2.14. The van der Waals surface area contributed by atoms with Crippen LogP contribution in [0.2, 0.25) is 0 Å². The van der Waals surface area contributed by atoms with Crippen LogP contribution in [-0.4, -0.2) is 27.6 Å². The minimum Gasteiger partial charge on any atom is -0.356 e. The van der Waals surface area contributed by atoms with Crippen molar-refractivity contribution in [2.24, 2.45) is 0 Å². The molecule has 0 spiro atoms. The average molecular weight is 324 g/mol. The molecule has 0 amide bonds. The Kier molecular flexibility index (Phi) is 4.28. The molecule has 3 heterocycles. The van der Waals surface area contributed by atoms with Crippen LogP contribution in [0.5, 0.6) is 0 Å². The lowest BCUT2D eigenvalue weighted by atomic mass is 9.97. The molecule has 2 aromatic heterocycles. The van der Waals surface area contributed by atoms with Gasteiger partial charge in [-0.1, -0.05) is 0 Å². The van der Waals surface area contributed by atoms with E-state index in [0.29, 0.717) is 12.4 Å². The van der Waals surface area contributed by atoms with Crippen LogP contribution in [0.4, 0.5) is 19.0 Å². The zero-order valence-corrected chi connectivity index (χ0v) is 12.9. The number of anilines is 1. The third-order valence-corrected chi connectivity index (χ3v) is 4.27. The van der Waals surface area contributed by atoms with Gasteiger partial charge in [0.15, 0.2) is 0 Å². The minimum absolute atomic E-state index is 0.218. The fourth-order valence-electron chi connectivity index (χ4n) is 3.11. The summed E-state index contributed by atoms with van der Waals surface area (Å²) in [5.41, 5.74) is -0.653. The van der Waals surface area contributed by atoms with Crippen molar-refractivity contribution in [2.75, 3.05) is 18.0 Å². The topological polar surface area (TPSA) is 34.0 Å². The fraction of sp³-hybridized carbons (Fsp3) is 0.500. The second kappa shape index (κ2) is 6.22. The van der Waals surface area contributed by atoms with E-state index in [4.69, 9.17) is 0 Å². The van der Waals surface area contributed by atoms with Gasteiger partial charge in [-0.2, -0.15) is 13.2 Å². The molecule has 23 heavy (non-hydrogen) atoms. The van der Waals surface area contributed by atoms with Crippen molar-refractivity contribution in [3.63, 3.8) is 0 Å². The number of aryl methyl sites for hydroxylation is 1. The molecule has 1 saturated heterocycles. The second-order valence-corrected chi connectivity index (χ2v) is 5.76. The van der Waals surface area contributed by atoms with Gasteiger partial charge in [-0.3, -0.25) is 0 Å². The molecule has 124 valence electrons. The van der Waals surface area contributed by atoms with Crippen molar-refractivity contribution < 1.29 is 13.2 Å². The maximum absolute atomic E-state index is 12.9. The van der Waals surface area contributed by atoms with E-state index >= 15 is 0 Å². The fourth-order valence-corrected chi connectivity index (χ4v) is 3.11. The number of pyridine rings is 1. The van der Waals surface area contributed by atoms with Crippen LogP contribution >= 0.6 is 0 Å². The standard InChI is InChI=1S/C16H19F3N4/c1-2-22-9-7-21-15(22)12-4-3-8-23(11-12)14-10-13(5-6-20-14)16(17,18)19/h5-7,9-10,12H,2-4,8,11H2,1H3/t12-/m1/s1. The van der Waals surface area contributed by atoms with Gasteiger partial charge in [0.05, 0.1) is 5.56 Å². The minimum atomic E-state index is -4.34. The van der Waals surface area contributed by atoms with Gasteiger partial charge in [-0.25, -0.2) is 9.97 Å². The highest BCUT2D eigenvalue weighted by Crippen LogP contribution is 2.33. The molecular weight excluding hydrogens is 305 g/mol. The van der Waals surface area contributed by atoms with E-state index in [1.54, 1.807) is 6.20 Å². The first-order valence-electron chi connectivity index (χ1n) is 7.78. The molecule has 7 heteroatoms. The number of alkyl halides is 3. The highest BCUT2D eigenvalue weighted by atomic mass is 19.4. The smallest absolute Gasteiger partial charge is 0.356 e. The normalized spacial score (nSPS) is 19.1. The Morgan fingerprint density at radius 2 is 2.09 bits per heavy atom. The maximum Gasteiger partial charge on any atom is 0.416 e. The van der Waals surface area contributed by atoms with E-state index in [9.17, 15) is 13.2 Å². The number of piperidine rings is 1. The third-order valence-electron chi connectivity index (χ3n) is 4.27. The Bertz CT molecular complexity index is 665. The molecule has 0 saturated carbocycles. The van der Waals surface area contributed by atoms with Gasteiger partial charge in [0.25, 0.3) is 0 Å². The lowest BCUT2D eigenvalue weighted by Crippen LogP contribution is -2.36. The third kappa shape index (κ3) is 3.33.